The highest BCUT2D eigenvalue weighted by Crippen LogP contribution is 2.41. The van der Waals surface area contributed by atoms with Crippen LogP contribution in [0.25, 0.3) is 0 Å². The quantitative estimate of drug-likeness (QED) is 0.247. The summed E-state index contributed by atoms with van der Waals surface area (Å²) in [5, 5.41) is 9.27. The minimum absolute atomic E-state index is 0.269. The van der Waals surface area contributed by atoms with E-state index in [2.05, 4.69) is 19.6 Å². The summed E-state index contributed by atoms with van der Waals surface area (Å²) >= 11 is -1.29. The molecule has 1 aromatic rings. The highest BCUT2D eigenvalue weighted by atomic mass is 32.2. The van der Waals surface area contributed by atoms with Crippen molar-refractivity contribution in [3.05, 3.63) is 35.4 Å². The Kier molecular flexibility index (Phi) is 8.21. The number of carboxylic acids is 1. The number of carbonyl (C=O) groups is 1. The highest BCUT2D eigenvalue weighted by molar-refractivity contribution is 7.90. The van der Waals surface area contributed by atoms with Crippen LogP contribution < -0.4 is 0 Å². The topological polar surface area (TPSA) is 82.1 Å². The van der Waals surface area contributed by atoms with Crippen molar-refractivity contribution in [3.63, 3.8) is 0 Å². The van der Waals surface area contributed by atoms with Gasteiger partial charge >= 0.3 is 5.97 Å². The van der Waals surface area contributed by atoms with Gasteiger partial charge in [0.15, 0.2) is 0 Å². The minimum atomic E-state index is -1.29. The van der Waals surface area contributed by atoms with E-state index in [-0.39, 0.29) is 6.73 Å². The van der Waals surface area contributed by atoms with Crippen molar-refractivity contribution in [2.75, 3.05) is 26.6 Å². The Morgan fingerprint density at radius 3 is 2.27 bits per heavy atom. The number of hydrogen-bond donors (Lipinski definition) is 1. The molecule has 8 heteroatoms. The maximum Gasteiger partial charge on any atom is 0.310 e. The maximum atomic E-state index is 13.5. The molecule has 0 amide bonds. The molecular formula is C22H37NO5SSi. The number of rotatable bonds is 10. The van der Waals surface area contributed by atoms with Crippen LogP contribution in [-0.2, 0) is 31.2 Å². The van der Waals surface area contributed by atoms with Crippen LogP contribution in [0, 0.1) is 0 Å². The molecule has 1 aromatic carbocycles. The number of benzene rings is 1. The van der Waals surface area contributed by atoms with E-state index in [1.165, 1.54) is 0 Å². The molecule has 2 unspecified atom stereocenters. The van der Waals surface area contributed by atoms with E-state index in [4.69, 9.17) is 9.47 Å². The Hall–Kier alpha value is -0.903. The minimum Gasteiger partial charge on any atom is -0.597 e. The van der Waals surface area contributed by atoms with Crippen LogP contribution in [-0.4, -0.2) is 59.3 Å². The van der Waals surface area contributed by atoms with Gasteiger partial charge in [0.25, 0.3) is 0 Å². The highest BCUT2D eigenvalue weighted by Gasteiger charge is 2.54. The lowest BCUT2D eigenvalue weighted by Crippen LogP contribution is -2.64. The third-order valence-electron chi connectivity index (χ3n) is 5.41. The van der Waals surface area contributed by atoms with Gasteiger partial charge < -0.3 is 19.1 Å². The van der Waals surface area contributed by atoms with Crippen LogP contribution >= 0.6 is 0 Å². The van der Waals surface area contributed by atoms with Gasteiger partial charge in [-0.25, -0.2) is 0 Å². The zero-order valence-electron chi connectivity index (χ0n) is 19.4. The zero-order chi connectivity index (χ0) is 22.7. The van der Waals surface area contributed by atoms with Crippen LogP contribution in [0.5, 0.6) is 0 Å². The molecule has 6 nitrogen and oxygen atoms in total. The van der Waals surface area contributed by atoms with E-state index < -0.39 is 41.6 Å². The number of ether oxygens (including phenoxy) is 2. The van der Waals surface area contributed by atoms with Gasteiger partial charge in [0.1, 0.15) is 17.0 Å². The summed E-state index contributed by atoms with van der Waals surface area (Å²) in [6, 6.07) is 8.61. The SMILES string of the molecule is CC(C(=O)O)c1ccc(C2(N(COCC[Si](C)(C)C)[S+]([O-])C(C)(C)C)COC2)cc1. The normalized spacial score (nSPS) is 18.7. The molecule has 30 heavy (non-hydrogen) atoms. The predicted molar refractivity (Wildman–Crippen MR) is 124 cm³/mol. The summed E-state index contributed by atoms with van der Waals surface area (Å²) in [7, 11) is -1.22. The Balaban J connectivity index is 2.28. The van der Waals surface area contributed by atoms with Crippen LogP contribution in [0.3, 0.4) is 0 Å². The van der Waals surface area contributed by atoms with Crippen LogP contribution in [0.1, 0.15) is 44.7 Å². The summed E-state index contributed by atoms with van der Waals surface area (Å²) in [5.41, 5.74) is 1.18. The van der Waals surface area contributed by atoms with Gasteiger partial charge in [-0.2, -0.15) is 0 Å². The second-order valence-electron chi connectivity index (χ2n) is 10.3. The smallest absolute Gasteiger partial charge is 0.310 e. The standard InChI is InChI=1S/C22H37NO5SSi/c1-17(20(24)25)18-8-10-19(11-9-18)22(14-28-15-22)23(29(26)21(2,3)4)16-27-12-13-30(5,6)7/h8-11,17H,12-16H2,1-7H3,(H,24,25). The first-order valence-electron chi connectivity index (χ1n) is 10.5. The van der Waals surface area contributed by atoms with Gasteiger partial charge in [-0.3, -0.25) is 4.79 Å². The van der Waals surface area contributed by atoms with Crippen molar-refractivity contribution in [1.82, 2.24) is 4.31 Å². The van der Waals surface area contributed by atoms with Crippen molar-refractivity contribution in [2.24, 2.45) is 0 Å². The molecule has 1 heterocycles. The van der Waals surface area contributed by atoms with Gasteiger partial charge in [-0.05, 0) is 44.9 Å². The fourth-order valence-electron chi connectivity index (χ4n) is 3.16. The Morgan fingerprint density at radius 1 is 1.30 bits per heavy atom. The lowest BCUT2D eigenvalue weighted by Gasteiger charge is -2.50. The van der Waals surface area contributed by atoms with Gasteiger partial charge in [-0.15, -0.1) is 0 Å². The molecule has 0 saturated carbocycles. The van der Waals surface area contributed by atoms with Crippen molar-refractivity contribution in [1.29, 1.82) is 0 Å². The van der Waals surface area contributed by atoms with E-state index >= 15 is 0 Å². The molecule has 0 spiro atoms. The van der Waals surface area contributed by atoms with Crippen LogP contribution in [0.15, 0.2) is 24.3 Å². The Morgan fingerprint density at radius 2 is 1.87 bits per heavy atom. The van der Waals surface area contributed by atoms with Crippen molar-refractivity contribution < 1.29 is 23.9 Å². The number of nitrogens with zero attached hydrogens (tertiary/aromatic N) is 1. The molecule has 1 N–H and O–H groups in total. The largest absolute Gasteiger partial charge is 0.597 e. The summed E-state index contributed by atoms with van der Waals surface area (Å²) < 4.78 is 26.6. The first-order valence-corrected chi connectivity index (χ1v) is 15.3. The number of aliphatic carboxylic acids is 1. The van der Waals surface area contributed by atoms with E-state index in [1.54, 1.807) is 6.92 Å². The first-order chi connectivity index (χ1) is 13.8. The molecule has 1 aliphatic rings. The van der Waals surface area contributed by atoms with E-state index in [1.807, 2.05) is 49.3 Å². The number of hydrogen-bond acceptors (Lipinski definition) is 5. The van der Waals surface area contributed by atoms with Gasteiger partial charge in [0.05, 0.1) is 19.1 Å². The van der Waals surface area contributed by atoms with E-state index in [0.29, 0.717) is 19.8 Å². The molecular weight excluding hydrogens is 418 g/mol. The maximum absolute atomic E-state index is 13.5. The lowest BCUT2D eigenvalue weighted by atomic mass is 9.86. The molecule has 2 atom stereocenters. The number of carboxylic acid groups (broad SMARTS) is 1. The molecule has 0 bridgehead atoms. The second-order valence-corrected chi connectivity index (χ2v) is 18.1. The summed E-state index contributed by atoms with van der Waals surface area (Å²) in [5.74, 6) is -1.42. The molecule has 0 radical (unpaired) electrons. The van der Waals surface area contributed by atoms with Crippen molar-refractivity contribution in [2.45, 2.75) is 69.6 Å². The summed E-state index contributed by atoms with van der Waals surface area (Å²) in [6.45, 7) is 16.3. The average molecular weight is 456 g/mol. The van der Waals surface area contributed by atoms with Crippen molar-refractivity contribution >= 4 is 25.4 Å². The van der Waals surface area contributed by atoms with Gasteiger partial charge in [0.2, 0.25) is 0 Å². The Bertz CT molecular complexity index is 710. The fraction of sp³-hybridized carbons (Fsp3) is 0.682. The van der Waals surface area contributed by atoms with Crippen LogP contribution in [0.4, 0.5) is 0 Å². The van der Waals surface area contributed by atoms with E-state index in [0.717, 1.165) is 17.2 Å². The molecule has 170 valence electrons. The average Bonchev–Trinajstić information content (AvgIpc) is 2.60. The van der Waals surface area contributed by atoms with E-state index in [9.17, 15) is 14.5 Å². The molecule has 2 rings (SSSR count). The monoisotopic (exact) mass is 455 g/mol. The fourth-order valence-corrected chi connectivity index (χ4v) is 5.28. The zero-order valence-corrected chi connectivity index (χ0v) is 21.2. The molecule has 1 saturated heterocycles. The lowest BCUT2D eigenvalue weighted by molar-refractivity contribution is -0.139. The van der Waals surface area contributed by atoms with Gasteiger partial charge in [0, 0.05) is 26.0 Å². The first kappa shape index (κ1) is 25.4. The molecule has 0 aliphatic carbocycles. The molecule has 1 fully saturated rings. The summed E-state index contributed by atoms with van der Waals surface area (Å²) in [6.07, 6.45) is 0. The third kappa shape index (κ3) is 6.08. The van der Waals surface area contributed by atoms with Crippen molar-refractivity contribution in [3.8, 4) is 0 Å². The third-order valence-corrected chi connectivity index (χ3v) is 9.01. The Labute approximate surface area is 185 Å². The predicted octanol–water partition coefficient (Wildman–Crippen LogP) is 4.18. The van der Waals surface area contributed by atoms with Crippen LogP contribution in [0.2, 0.25) is 25.7 Å². The van der Waals surface area contributed by atoms with Gasteiger partial charge in [-0.1, -0.05) is 48.2 Å². The molecule has 0 aromatic heterocycles. The molecule has 1 aliphatic heterocycles. The summed E-state index contributed by atoms with van der Waals surface area (Å²) in [4.78, 5) is 11.3. The second kappa shape index (κ2) is 9.71.